The Hall–Kier alpha value is -3.26. The molecule has 1 aliphatic heterocycles. The molecule has 0 radical (unpaired) electrons. The zero-order valence-electron chi connectivity index (χ0n) is 22.8. The standard InChI is InChI=1S/C29H40N5O3/c1-6-7-26(29(35)37-5)27(18-21-8-12-23(13-9-21)24-16-17-34(2,3)20-24)28-30-31-32-33(28)19-22-10-14-25(36-4)15-11-22/h8-15,24,26-27H,6-7,16-20H2,1-5H3/q+1/t24?,26-,27-/m0/s1. The molecule has 37 heavy (non-hydrogen) atoms. The molecule has 1 aromatic heterocycles. The highest BCUT2D eigenvalue weighted by Gasteiger charge is 2.35. The Morgan fingerprint density at radius 1 is 1.08 bits per heavy atom. The first kappa shape index (κ1) is 26.8. The number of carbonyl (C=O) groups is 1. The first-order valence-corrected chi connectivity index (χ1v) is 13.2. The number of likely N-dealkylation sites (N-methyl/N-ethyl adjacent to an activating group) is 1. The lowest BCUT2D eigenvalue weighted by Gasteiger charge is -2.25. The minimum atomic E-state index is -0.330. The monoisotopic (exact) mass is 506 g/mol. The van der Waals surface area contributed by atoms with Gasteiger partial charge in [0.25, 0.3) is 0 Å². The third-order valence-corrected chi connectivity index (χ3v) is 7.68. The van der Waals surface area contributed by atoms with Gasteiger partial charge in [0.2, 0.25) is 0 Å². The highest BCUT2D eigenvalue weighted by atomic mass is 16.5. The van der Waals surface area contributed by atoms with Crippen LogP contribution in [0.15, 0.2) is 48.5 Å². The maximum atomic E-state index is 12.9. The fourth-order valence-corrected chi connectivity index (χ4v) is 5.59. The van der Waals surface area contributed by atoms with Crippen LogP contribution >= 0.6 is 0 Å². The molecule has 3 aromatic rings. The van der Waals surface area contributed by atoms with Gasteiger partial charge in [-0.25, -0.2) is 4.68 Å². The Morgan fingerprint density at radius 3 is 2.38 bits per heavy atom. The van der Waals surface area contributed by atoms with Crippen molar-refractivity contribution in [2.45, 2.75) is 51.0 Å². The van der Waals surface area contributed by atoms with Gasteiger partial charge in [-0.1, -0.05) is 49.7 Å². The summed E-state index contributed by atoms with van der Waals surface area (Å²) in [6.45, 7) is 4.98. The van der Waals surface area contributed by atoms with Crippen LogP contribution in [-0.2, 0) is 22.5 Å². The van der Waals surface area contributed by atoms with Gasteiger partial charge in [-0.2, -0.15) is 0 Å². The molecule has 3 atom stereocenters. The molecule has 0 saturated carbocycles. The van der Waals surface area contributed by atoms with E-state index >= 15 is 0 Å². The van der Waals surface area contributed by atoms with Gasteiger partial charge in [-0.3, -0.25) is 4.79 Å². The summed E-state index contributed by atoms with van der Waals surface area (Å²) in [7, 11) is 7.71. The first-order chi connectivity index (χ1) is 17.8. The molecule has 1 aliphatic rings. The van der Waals surface area contributed by atoms with Crippen molar-refractivity contribution < 1.29 is 18.8 Å². The van der Waals surface area contributed by atoms with Crippen LogP contribution in [-0.4, -0.2) is 72.1 Å². The van der Waals surface area contributed by atoms with Crippen molar-refractivity contribution in [3.8, 4) is 5.75 Å². The average molecular weight is 507 g/mol. The number of methoxy groups -OCH3 is 2. The molecule has 4 rings (SSSR count). The quantitative estimate of drug-likeness (QED) is 0.286. The van der Waals surface area contributed by atoms with Crippen molar-refractivity contribution in [2.75, 3.05) is 41.4 Å². The largest absolute Gasteiger partial charge is 0.497 e. The van der Waals surface area contributed by atoms with Crippen molar-refractivity contribution in [3.63, 3.8) is 0 Å². The zero-order valence-corrected chi connectivity index (χ0v) is 22.8. The smallest absolute Gasteiger partial charge is 0.309 e. The number of quaternary nitrogens is 1. The summed E-state index contributed by atoms with van der Waals surface area (Å²) in [6.07, 6.45) is 3.45. The minimum Gasteiger partial charge on any atom is -0.497 e. The number of rotatable bonds is 11. The molecule has 0 spiro atoms. The molecule has 0 amide bonds. The number of carbonyl (C=O) groups excluding carboxylic acids is 1. The normalized spacial score (nSPS) is 18.4. The van der Waals surface area contributed by atoms with Gasteiger partial charge in [-0.05, 0) is 52.1 Å². The molecule has 2 aromatic carbocycles. The molecular formula is C29H40N5O3+. The molecular weight excluding hydrogens is 466 g/mol. The molecule has 1 fully saturated rings. The zero-order chi connectivity index (χ0) is 26.4. The van der Waals surface area contributed by atoms with E-state index in [2.05, 4.69) is 60.8 Å². The van der Waals surface area contributed by atoms with E-state index in [0.29, 0.717) is 31.1 Å². The number of ether oxygens (including phenoxy) is 2. The van der Waals surface area contributed by atoms with Gasteiger partial charge < -0.3 is 14.0 Å². The molecule has 0 aliphatic carbocycles. The summed E-state index contributed by atoms with van der Waals surface area (Å²) < 4.78 is 13.4. The SMILES string of the molecule is CCC[C@H](C(=O)OC)[C@H](Cc1ccc(C2CC[N+](C)(C)C2)cc1)c1nnnn1Cc1ccc(OC)cc1. The predicted molar refractivity (Wildman–Crippen MR) is 142 cm³/mol. The second kappa shape index (κ2) is 11.9. The number of hydrogen-bond donors (Lipinski definition) is 0. The van der Waals surface area contributed by atoms with Gasteiger partial charge in [0.05, 0.1) is 53.9 Å². The number of aromatic nitrogens is 4. The number of esters is 1. The summed E-state index contributed by atoms with van der Waals surface area (Å²) >= 11 is 0. The number of likely N-dealkylation sites (tertiary alicyclic amines) is 1. The lowest BCUT2D eigenvalue weighted by molar-refractivity contribution is -0.878. The molecule has 198 valence electrons. The van der Waals surface area contributed by atoms with E-state index < -0.39 is 0 Å². The fourth-order valence-electron chi connectivity index (χ4n) is 5.59. The third-order valence-electron chi connectivity index (χ3n) is 7.68. The highest BCUT2D eigenvalue weighted by Crippen LogP contribution is 2.34. The van der Waals surface area contributed by atoms with E-state index in [0.717, 1.165) is 22.2 Å². The Balaban J connectivity index is 1.60. The van der Waals surface area contributed by atoms with Gasteiger partial charge in [0, 0.05) is 18.3 Å². The van der Waals surface area contributed by atoms with Crippen LogP contribution in [0.25, 0.3) is 0 Å². The van der Waals surface area contributed by atoms with E-state index in [9.17, 15) is 4.79 Å². The van der Waals surface area contributed by atoms with Crippen molar-refractivity contribution in [1.29, 1.82) is 0 Å². The lowest BCUT2D eigenvalue weighted by Crippen LogP contribution is -2.36. The summed E-state index contributed by atoms with van der Waals surface area (Å²) in [5.41, 5.74) is 3.62. The number of nitrogens with zero attached hydrogens (tertiary/aromatic N) is 5. The topological polar surface area (TPSA) is 79.1 Å². The highest BCUT2D eigenvalue weighted by molar-refractivity contribution is 5.73. The Labute approximate surface area is 220 Å². The van der Waals surface area contributed by atoms with Crippen LogP contribution in [0.5, 0.6) is 5.75 Å². The fraction of sp³-hybridized carbons (Fsp3) is 0.517. The maximum Gasteiger partial charge on any atom is 0.309 e. The Kier molecular flexibility index (Phi) is 8.59. The molecule has 1 unspecified atom stereocenters. The second-order valence-corrected chi connectivity index (χ2v) is 10.8. The number of tetrazole rings is 1. The van der Waals surface area contributed by atoms with Crippen molar-refractivity contribution >= 4 is 5.97 Å². The van der Waals surface area contributed by atoms with E-state index in [1.54, 1.807) is 7.11 Å². The molecule has 1 saturated heterocycles. The molecule has 2 heterocycles. The van der Waals surface area contributed by atoms with Gasteiger partial charge in [0.1, 0.15) is 5.75 Å². The van der Waals surface area contributed by atoms with Crippen LogP contribution < -0.4 is 4.74 Å². The van der Waals surface area contributed by atoms with Crippen molar-refractivity contribution in [2.24, 2.45) is 5.92 Å². The van der Waals surface area contributed by atoms with E-state index in [1.807, 2.05) is 28.9 Å². The summed E-state index contributed by atoms with van der Waals surface area (Å²) in [6, 6.07) is 16.8. The first-order valence-electron chi connectivity index (χ1n) is 13.2. The van der Waals surface area contributed by atoms with E-state index in [4.69, 9.17) is 9.47 Å². The van der Waals surface area contributed by atoms with Gasteiger partial charge in [0.15, 0.2) is 5.82 Å². The van der Waals surface area contributed by atoms with Gasteiger partial charge >= 0.3 is 5.97 Å². The van der Waals surface area contributed by atoms with Crippen LogP contribution in [0.1, 0.15) is 60.5 Å². The maximum absolute atomic E-state index is 12.9. The Morgan fingerprint density at radius 2 is 1.78 bits per heavy atom. The van der Waals surface area contributed by atoms with Crippen molar-refractivity contribution in [3.05, 3.63) is 71.0 Å². The second-order valence-electron chi connectivity index (χ2n) is 10.8. The van der Waals surface area contributed by atoms with Gasteiger partial charge in [-0.15, -0.1) is 5.10 Å². The molecule has 0 N–H and O–H groups in total. The molecule has 8 heteroatoms. The number of benzene rings is 2. The van der Waals surface area contributed by atoms with E-state index in [-0.39, 0.29) is 17.8 Å². The summed E-state index contributed by atoms with van der Waals surface area (Å²) in [5.74, 6) is 1.36. The van der Waals surface area contributed by atoms with Crippen LogP contribution in [0.2, 0.25) is 0 Å². The summed E-state index contributed by atoms with van der Waals surface area (Å²) in [4.78, 5) is 12.9. The van der Waals surface area contributed by atoms with Crippen molar-refractivity contribution in [1.82, 2.24) is 20.2 Å². The average Bonchev–Trinajstić information content (AvgIpc) is 3.52. The summed E-state index contributed by atoms with van der Waals surface area (Å²) in [5, 5.41) is 12.7. The van der Waals surface area contributed by atoms with E-state index in [1.165, 1.54) is 37.7 Å². The lowest BCUT2D eigenvalue weighted by atomic mass is 9.82. The van der Waals surface area contributed by atoms with Crippen LogP contribution in [0.4, 0.5) is 0 Å². The van der Waals surface area contributed by atoms with Crippen LogP contribution in [0.3, 0.4) is 0 Å². The molecule has 0 bridgehead atoms. The minimum absolute atomic E-state index is 0.200. The van der Waals surface area contributed by atoms with Crippen LogP contribution in [0, 0.1) is 5.92 Å². The molecule has 8 nitrogen and oxygen atoms in total. The number of hydrogen-bond acceptors (Lipinski definition) is 6. The third kappa shape index (κ3) is 6.55. The Bertz CT molecular complexity index is 1160. The predicted octanol–water partition coefficient (Wildman–Crippen LogP) is 4.21.